The van der Waals surface area contributed by atoms with Crippen molar-refractivity contribution < 1.29 is 4.79 Å². The molecule has 1 aromatic rings. The lowest BCUT2D eigenvalue weighted by molar-refractivity contribution is -0.124. The molecule has 2 bridgehead atoms. The highest BCUT2D eigenvalue weighted by atomic mass is 16.1. The van der Waals surface area contributed by atoms with Crippen LogP contribution in [0.4, 0.5) is 0 Å². The highest BCUT2D eigenvalue weighted by molar-refractivity contribution is 5.84. The first-order valence-electron chi connectivity index (χ1n) is 6.98. The fraction of sp³-hybridized carbons (Fsp3) is 0.714. The molecule has 4 unspecified atom stereocenters. The summed E-state index contributed by atoms with van der Waals surface area (Å²) >= 11 is 0. The van der Waals surface area contributed by atoms with Gasteiger partial charge in [-0.1, -0.05) is 0 Å². The number of ketones is 1. The number of rotatable bonds is 4. The Morgan fingerprint density at radius 1 is 1.50 bits per heavy atom. The first kappa shape index (κ1) is 11.9. The van der Waals surface area contributed by atoms with Gasteiger partial charge >= 0.3 is 0 Å². The number of nitrogens with two attached hydrogens (primary N) is 1. The summed E-state index contributed by atoms with van der Waals surface area (Å²) < 4.78 is 1.86. The third-order valence-corrected chi connectivity index (χ3v) is 4.74. The van der Waals surface area contributed by atoms with Crippen LogP contribution in [0.15, 0.2) is 12.4 Å². The Hall–Kier alpha value is -1.16. The minimum Gasteiger partial charge on any atom is -0.327 e. The largest absolute Gasteiger partial charge is 0.327 e. The van der Waals surface area contributed by atoms with Crippen molar-refractivity contribution in [3.63, 3.8) is 0 Å². The van der Waals surface area contributed by atoms with Crippen LogP contribution in [0.5, 0.6) is 0 Å². The number of hydrogen-bond donors (Lipinski definition) is 1. The molecule has 0 aliphatic heterocycles. The van der Waals surface area contributed by atoms with E-state index in [1.54, 1.807) is 6.20 Å². The molecule has 1 heterocycles. The number of nitrogens with zero attached hydrogens (tertiary/aromatic N) is 2. The average Bonchev–Trinajstić information content (AvgIpc) is 3.03. The molecular formula is C14H21N3O. The predicted molar refractivity (Wildman–Crippen MR) is 68.9 cm³/mol. The monoisotopic (exact) mass is 247 g/mol. The number of carbonyl (C=O) groups is 1. The molecule has 3 rings (SSSR count). The van der Waals surface area contributed by atoms with E-state index in [1.807, 2.05) is 17.8 Å². The highest BCUT2D eigenvalue weighted by Gasteiger charge is 2.48. The van der Waals surface area contributed by atoms with Gasteiger partial charge in [-0.3, -0.25) is 9.48 Å². The van der Waals surface area contributed by atoms with E-state index < -0.39 is 0 Å². The molecule has 4 heteroatoms. The molecule has 98 valence electrons. The lowest BCUT2D eigenvalue weighted by Gasteiger charge is -2.26. The molecule has 0 amide bonds. The molecule has 0 radical (unpaired) electrons. The van der Waals surface area contributed by atoms with Crippen LogP contribution >= 0.6 is 0 Å². The smallest absolute Gasteiger partial charge is 0.142 e. The summed E-state index contributed by atoms with van der Waals surface area (Å²) in [6.45, 7) is 2.90. The van der Waals surface area contributed by atoms with Crippen LogP contribution in [0.3, 0.4) is 0 Å². The van der Waals surface area contributed by atoms with Gasteiger partial charge in [0, 0.05) is 31.1 Å². The summed E-state index contributed by atoms with van der Waals surface area (Å²) in [5.41, 5.74) is 7.23. The van der Waals surface area contributed by atoms with E-state index in [1.165, 1.54) is 19.3 Å². The van der Waals surface area contributed by atoms with E-state index >= 15 is 0 Å². The Balaban J connectivity index is 1.68. The zero-order valence-electron chi connectivity index (χ0n) is 10.9. The first-order valence-corrected chi connectivity index (χ1v) is 6.98. The van der Waals surface area contributed by atoms with E-state index in [0.717, 1.165) is 12.1 Å². The quantitative estimate of drug-likeness (QED) is 0.874. The van der Waals surface area contributed by atoms with Gasteiger partial charge in [0.15, 0.2) is 0 Å². The topological polar surface area (TPSA) is 60.9 Å². The molecule has 2 aliphatic rings. The molecule has 4 atom stereocenters. The maximum atomic E-state index is 12.4. The lowest BCUT2D eigenvalue weighted by Crippen LogP contribution is -2.40. The summed E-state index contributed by atoms with van der Waals surface area (Å²) in [6.07, 6.45) is 7.87. The molecule has 2 aliphatic carbocycles. The second kappa shape index (κ2) is 4.50. The van der Waals surface area contributed by atoms with Crippen molar-refractivity contribution >= 4 is 5.78 Å². The van der Waals surface area contributed by atoms with Gasteiger partial charge in [0.1, 0.15) is 5.78 Å². The zero-order valence-corrected chi connectivity index (χ0v) is 10.9. The second-order valence-electron chi connectivity index (χ2n) is 5.78. The third-order valence-electron chi connectivity index (χ3n) is 4.74. The Morgan fingerprint density at radius 2 is 2.28 bits per heavy atom. The maximum absolute atomic E-state index is 12.4. The SMILES string of the molecule is CCn1cc(CC(=O)C2C3CCC(C3)C2N)cn1. The van der Waals surface area contributed by atoms with Gasteiger partial charge in [-0.05, 0) is 43.6 Å². The predicted octanol–water partition coefficient (Wildman–Crippen LogP) is 1.39. The number of hydrogen-bond acceptors (Lipinski definition) is 3. The Bertz CT molecular complexity index is 452. The molecule has 0 aromatic carbocycles. The molecule has 2 N–H and O–H groups in total. The summed E-state index contributed by atoms with van der Waals surface area (Å²) in [7, 11) is 0. The van der Waals surface area contributed by atoms with Crippen molar-refractivity contribution in [3.05, 3.63) is 18.0 Å². The van der Waals surface area contributed by atoms with E-state index in [2.05, 4.69) is 5.10 Å². The number of fused-ring (bicyclic) bond motifs is 2. The van der Waals surface area contributed by atoms with Gasteiger partial charge in [0.25, 0.3) is 0 Å². The minimum atomic E-state index is 0.105. The van der Waals surface area contributed by atoms with Crippen molar-refractivity contribution in [2.24, 2.45) is 23.5 Å². The van der Waals surface area contributed by atoms with E-state index in [4.69, 9.17) is 5.73 Å². The van der Waals surface area contributed by atoms with Crippen molar-refractivity contribution in [2.45, 2.75) is 45.2 Å². The fourth-order valence-electron chi connectivity index (χ4n) is 3.80. The average molecular weight is 247 g/mol. The molecule has 4 nitrogen and oxygen atoms in total. The van der Waals surface area contributed by atoms with Gasteiger partial charge in [-0.2, -0.15) is 5.10 Å². The van der Waals surface area contributed by atoms with Crippen molar-refractivity contribution in [1.29, 1.82) is 0 Å². The first-order chi connectivity index (χ1) is 8.69. The lowest BCUT2D eigenvalue weighted by atomic mass is 9.81. The third kappa shape index (κ3) is 1.88. The van der Waals surface area contributed by atoms with Crippen LogP contribution in [0.2, 0.25) is 0 Å². The van der Waals surface area contributed by atoms with Gasteiger partial charge in [0.05, 0.1) is 6.20 Å². The number of aryl methyl sites for hydroxylation is 1. The Kier molecular flexibility index (Phi) is 2.98. The van der Waals surface area contributed by atoms with Crippen LogP contribution in [-0.2, 0) is 17.8 Å². The molecular weight excluding hydrogens is 226 g/mol. The molecule has 18 heavy (non-hydrogen) atoms. The fourth-order valence-corrected chi connectivity index (χ4v) is 3.80. The normalized spacial score (nSPS) is 34.1. The highest BCUT2D eigenvalue weighted by Crippen LogP contribution is 2.48. The summed E-state index contributed by atoms with van der Waals surface area (Å²) in [5, 5.41) is 4.21. The molecule has 2 saturated carbocycles. The Morgan fingerprint density at radius 3 is 2.89 bits per heavy atom. The maximum Gasteiger partial charge on any atom is 0.142 e. The van der Waals surface area contributed by atoms with Gasteiger partial charge in [-0.25, -0.2) is 0 Å². The van der Waals surface area contributed by atoms with Crippen LogP contribution in [-0.4, -0.2) is 21.6 Å². The van der Waals surface area contributed by atoms with Crippen LogP contribution in [0.25, 0.3) is 0 Å². The number of aromatic nitrogens is 2. The standard InChI is InChI=1S/C14H21N3O/c1-2-17-8-9(7-16-17)5-12(18)13-10-3-4-11(6-10)14(13)15/h7-8,10-11,13-14H,2-6,15H2,1H3. The summed E-state index contributed by atoms with van der Waals surface area (Å²) in [4.78, 5) is 12.4. The second-order valence-corrected chi connectivity index (χ2v) is 5.78. The molecule has 0 saturated heterocycles. The van der Waals surface area contributed by atoms with Gasteiger partial charge < -0.3 is 5.73 Å². The van der Waals surface area contributed by atoms with Gasteiger partial charge in [-0.15, -0.1) is 0 Å². The van der Waals surface area contributed by atoms with Crippen molar-refractivity contribution in [3.8, 4) is 0 Å². The molecule has 2 fully saturated rings. The van der Waals surface area contributed by atoms with Crippen LogP contribution in [0.1, 0.15) is 31.7 Å². The summed E-state index contributed by atoms with van der Waals surface area (Å²) in [5.74, 6) is 1.58. The summed E-state index contributed by atoms with van der Waals surface area (Å²) in [6, 6.07) is 0.109. The van der Waals surface area contributed by atoms with Crippen LogP contribution in [0, 0.1) is 17.8 Å². The van der Waals surface area contributed by atoms with Gasteiger partial charge in [0.2, 0.25) is 0 Å². The van der Waals surface area contributed by atoms with Crippen LogP contribution < -0.4 is 5.73 Å². The molecule has 0 spiro atoms. The number of carbonyl (C=O) groups excluding carboxylic acids is 1. The van der Waals surface area contributed by atoms with Crippen molar-refractivity contribution in [1.82, 2.24) is 9.78 Å². The zero-order chi connectivity index (χ0) is 12.7. The molecule has 1 aromatic heterocycles. The Labute approximate surface area is 108 Å². The van der Waals surface area contributed by atoms with E-state index in [9.17, 15) is 4.79 Å². The van der Waals surface area contributed by atoms with E-state index in [-0.39, 0.29) is 12.0 Å². The number of Topliss-reactive ketones (excluding diaryl/α,β-unsaturated/α-hetero) is 1. The van der Waals surface area contributed by atoms with E-state index in [0.29, 0.717) is 24.0 Å². The minimum absolute atomic E-state index is 0.105. The van der Waals surface area contributed by atoms with Crippen molar-refractivity contribution in [2.75, 3.05) is 0 Å².